The van der Waals surface area contributed by atoms with E-state index in [4.69, 9.17) is 5.11 Å². The predicted molar refractivity (Wildman–Crippen MR) is 88.4 cm³/mol. The standard InChI is InChI=1S/C16H18N4O4/c1-2-12(18-16(23)24)14(21)19-20-10-6-9-13(20)15(22)17-11-7-4-3-5-8-11/h3-10,12,18H,2H2,1H3,(H,17,22)(H,19,21)(H,23,24). The smallest absolute Gasteiger partial charge is 0.405 e. The van der Waals surface area contributed by atoms with Crippen LogP contribution >= 0.6 is 0 Å². The number of aromatic nitrogens is 1. The molecular weight excluding hydrogens is 312 g/mol. The van der Waals surface area contributed by atoms with Crippen LogP contribution in [-0.4, -0.2) is 33.7 Å². The number of amides is 3. The van der Waals surface area contributed by atoms with E-state index < -0.39 is 23.9 Å². The Balaban J connectivity index is 2.08. The van der Waals surface area contributed by atoms with Gasteiger partial charge >= 0.3 is 6.09 Å². The quantitative estimate of drug-likeness (QED) is 0.647. The Kier molecular flexibility index (Phi) is 5.56. The average Bonchev–Trinajstić information content (AvgIpc) is 3.01. The summed E-state index contributed by atoms with van der Waals surface area (Å²) in [6, 6.07) is 11.1. The zero-order valence-corrected chi connectivity index (χ0v) is 13.0. The number of anilines is 1. The molecule has 0 aliphatic carbocycles. The number of hydrogen-bond acceptors (Lipinski definition) is 3. The molecule has 0 aliphatic heterocycles. The van der Waals surface area contributed by atoms with Crippen LogP contribution in [0.2, 0.25) is 0 Å². The van der Waals surface area contributed by atoms with Gasteiger partial charge in [-0.05, 0) is 30.7 Å². The van der Waals surface area contributed by atoms with Crippen LogP contribution in [-0.2, 0) is 4.79 Å². The zero-order valence-electron chi connectivity index (χ0n) is 13.0. The first-order chi connectivity index (χ1) is 11.5. The molecule has 126 valence electrons. The van der Waals surface area contributed by atoms with E-state index in [9.17, 15) is 14.4 Å². The summed E-state index contributed by atoms with van der Waals surface area (Å²) >= 11 is 0. The van der Waals surface area contributed by atoms with Crippen molar-refractivity contribution >= 4 is 23.6 Å². The van der Waals surface area contributed by atoms with Crippen molar-refractivity contribution in [2.45, 2.75) is 19.4 Å². The average molecular weight is 330 g/mol. The highest BCUT2D eigenvalue weighted by Crippen LogP contribution is 2.09. The maximum absolute atomic E-state index is 12.3. The van der Waals surface area contributed by atoms with Crippen molar-refractivity contribution in [1.29, 1.82) is 0 Å². The van der Waals surface area contributed by atoms with Gasteiger partial charge in [-0.1, -0.05) is 25.1 Å². The van der Waals surface area contributed by atoms with Crippen molar-refractivity contribution < 1.29 is 19.5 Å². The fraction of sp³-hybridized carbons (Fsp3) is 0.188. The molecule has 1 unspecified atom stereocenters. The van der Waals surface area contributed by atoms with E-state index in [0.717, 1.165) is 0 Å². The summed E-state index contributed by atoms with van der Waals surface area (Å²) in [5.74, 6) is -0.949. The van der Waals surface area contributed by atoms with Crippen LogP contribution in [0, 0.1) is 0 Å². The molecule has 1 aromatic carbocycles. The van der Waals surface area contributed by atoms with Crippen molar-refractivity contribution in [1.82, 2.24) is 9.99 Å². The normalized spacial score (nSPS) is 11.4. The number of carbonyl (C=O) groups excluding carboxylic acids is 2. The molecule has 4 N–H and O–H groups in total. The van der Waals surface area contributed by atoms with Crippen LogP contribution in [0.5, 0.6) is 0 Å². The number of nitrogens with zero attached hydrogens (tertiary/aromatic N) is 1. The number of benzene rings is 1. The summed E-state index contributed by atoms with van der Waals surface area (Å²) in [6.07, 6.45) is 0.502. The molecule has 1 aromatic heterocycles. The minimum atomic E-state index is -1.29. The van der Waals surface area contributed by atoms with E-state index in [0.29, 0.717) is 5.69 Å². The molecule has 0 bridgehead atoms. The topological polar surface area (TPSA) is 112 Å². The van der Waals surface area contributed by atoms with E-state index in [1.807, 2.05) is 6.07 Å². The van der Waals surface area contributed by atoms with Gasteiger partial charge in [-0.3, -0.25) is 19.7 Å². The molecule has 8 nitrogen and oxygen atoms in total. The van der Waals surface area contributed by atoms with Gasteiger partial charge in [-0.25, -0.2) is 4.79 Å². The number of rotatable bonds is 6. The van der Waals surface area contributed by atoms with E-state index in [2.05, 4.69) is 16.1 Å². The lowest BCUT2D eigenvalue weighted by Crippen LogP contribution is -2.45. The second kappa shape index (κ2) is 7.82. The first-order valence-electron chi connectivity index (χ1n) is 7.35. The summed E-state index contributed by atoms with van der Waals surface area (Å²) in [5, 5.41) is 13.6. The highest BCUT2D eigenvalue weighted by atomic mass is 16.4. The molecule has 0 radical (unpaired) electrons. The first-order valence-corrected chi connectivity index (χ1v) is 7.35. The molecule has 1 atom stereocenters. The third-order valence-electron chi connectivity index (χ3n) is 3.27. The van der Waals surface area contributed by atoms with Crippen molar-refractivity contribution in [3.05, 3.63) is 54.4 Å². The maximum Gasteiger partial charge on any atom is 0.405 e. The largest absolute Gasteiger partial charge is 0.465 e. The number of para-hydroxylation sites is 1. The van der Waals surface area contributed by atoms with Crippen LogP contribution in [0.25, 0.3) is 0 Å². The van der Waals surface area contributed by atoms with Crippen LogP contribution in [0.4, 0.5) is 10.5 Å². The predicted octanol–water partition coefficient (Wildman–Crippen LogP) is 1.86. The number of carbonyl (C=O) groups is 3. The molecule has 2 aromatic rings. The minimum Gasteiger partial charge on any atom is -0.465 e. The molecule has 8 heteroatoms. The number of hydrogen-bond donors (Lipinski definition) is 4. The van der Waals surface area contributed by atoms with Gasteiger partial charge in [-0.15, -0.1) is 0 Å². The Hall–Kier alpha value is -3.29. The molecule has 1 heterocycles. The third kappa shape index (κ3) is 4.35. The highest BCUT2D eigenvalue weighted by Gasteiger charge is 2.20. The van der Waals surface area contributed by atoms with Crippen LogP contribution in [0.3, 0.4) is 0 Å². The highest BCUT2D eigenvalue weighted by molar-refractivity contribution is 6.04. The van der Waals surface area contributed by atoms with Crippen LogP contribution < -0.4 is 16.1 Å². The Morgan fingerprint density at radius 3 is 2.46 bits per heavy atom. The van der Waals surface area contributed by atoms with E-state index >= 15 is 0 Å². The lowest BCUT2D eigenvalue weighted by atomic mass is 10.2. The Labute approximate surface area is 138 Å². The molecule has 0 aliphatic rings. The monoisotopic (exact) mass is 330 g/mol. The summed E-state index contributed by atoms with van der Waals surface area (Å²) in [5.41, 5.74) is 3.35. The molecule has 24 heavy (non-hydrogen) atoms. The molecular formula is C16H18N4O4. The summed E-state index contributed by atoms with van der Waals surface area (Å²) in [6.45, 7) is 1.68. The first kappa shape index (κ1) is 17.1. The Morgan fingerprint density at radius 2 is 1.83 bits per heavy atom. The summed E-state index contributed by atoms with van der Waals surface area (Å²) in [7, 11) is 0. The SMILES string of the molecule is CCC(NC(=O)O)C(=O)Nn1cccc1C(=O)Nc1ccccc1. The maximum atomic E-state index is 12.3. The molecule has 0 saturated carbocycles. The van der Waals surface area contributed by atoms with E-state index in [1.165, 1.54) is 10.9 Å². The minimum absolute atomic E-state index is 0.220. The summed E-state index contributed by atoms with van der Waals surface area (Å²) in [4.78, 5) is 35.1. The molecule has 0 spiro atoms. The third-order valence-corrected chi connectivity index (χ3v) is 3.27. The van der Waals surface area contributed by atoms with Gasteiger partial charge in [0.1, 0.15) is 11.7 Å². The fourth-order valence-corrected chi connectivity index (χ4v) is 2.08. The second-order valence-electron chi connectivity index (χ2n) is 4.97. The van der Waals surface area contributed by atoms with Crippen molar-refractivity contribution in [3.63, 3.8) is 0 Å². The molecule has 0 fully saturated rings. The lowest BCUT2D eigenvalue weighted by Gasteiger charge is -2.17. The van der Waals surface area contributed by atoms with Gasteiger partial charge < -0.3 is 15.7 Å². The van der Waals surface area contributed by atoms with Gasteiger partial charge in [0.15, 0.2) is 0 Å². The number of carboxylic acid groups (broad SMARTS) is 1. The van der Waals surface area contributed by atoms with E-state index in [-0.39, 0.29) is 12.1 Å². The van der Waals surface area contributed by atoms with Crippen molar-refractivity contribution in [3.8, 4) is 0 Å². The van der Waals surface area contributed by atoms with Crippen LogP contribution in [0.15, 0.2) is 48.7 Å². The molecule has 2 rings (SSSR count). The van der Waals surface area contributed by atoms with Crippen molar-refractivity contribution in [2.75, 3.05) is 10.7 Å². The molecule has 0 saturated heterocycles. The number of nitrogens with one attached hydrogen (secondary N) is 3. The van der Waals surface area contributed by atoms with Gasteiger partial charge in [0.25, 0.3) is 11.8 Å². The fourth-order valence-electron chi connectivity index (χ4n) is 2.08. The Morgan fingerprint density at radius 1 is 1.12 bits per heavy atom. The van der Waals surface area contributed by atoms with Gasteiger partial charge in [0, 0.05) is 11.9 Å². The lowest BCUT2D eigenvalue weighted by molar-refractivity contribution is -0.119. The zero-order chi connectivity index (χ0) is 17.5. The molecule has 3 amide bonds. The van der Waals surface area contributed by atoms with Crippen molar-refractivity contribution in [2.24, 2.45) is 0 Å². The second-order valence-corrected chi connectivity index (χ2v) is 4.97. The van der Waals surface area contributed by atoms with Gasteiger partial charge in [0.2, 0.25) is 0 Å². The summed E-state index contributed by atoms with van der Waals surface area (Å²) < 4.78 is 1.26. The van der Waals surface area contributed by atoms with Gasteiger partial charge in [-0.2, -0.15) is 0 Å². The Bertz CT molecular complexity index is 727. The van der Waals surface area contributed by atoms with Crippen LogP contribution in [0.1, 0.15) is 23.8 Å². The van der Waals surface area contributed by atoms with E-state index in [1.54, 1.807) is 43.3 Å². The van der Waals surface area contributed by atoms with Gasteiger partial charge in [0.05, 0.1) is 0 Å².